The molecule has 0 aliphatic heterocycles. The number of rotatable bonds is 3. The summed E-state index contributed by atoms with van der Waals surface area (Å²) in [6, 6.07) is 7.50. The van der Waals surface area contributed by atoms with E-state index in [1.165, 1.54) is 0 Å². The van der Waals surface area contributed by atoms with Gasteiger partial charge in [-0.2, -0.15) is 0 Å². The van der Waals surface area contributed by atoms with E-state index in [9.17, 15) is 4.39 Å². The van der Waals surface area contributed by atoms with Gasteiger partial charge < -0.3 is 4.74 Å². The van der Waals surface area contributed by atoms with E-state index in [1.54, 1.807) is 14.0 Å². The van der Waals surface area contributed by atoms with Crippen molar-refractivity contribution in [3.8, 4) is 5.75 Å². The highest BCUT2D eigenvalue weighted by Gasteiger charge is 2.05. The van der Waals surface area contributed by atoms with Gasteiger partial charge >= 0.3 is 0 Å². The van der Waals surface area contributed by atoms with Crippen molar-refractivity contribution in [2.45, 2.75) is 19.5 Å². The number of hydrogen-bond donors (Lipinski definition) is 0. The number of methoxy groups -OCH3 is 1. The summed E-state index contributed by atoms with van der Waals surface area (Å²) in [4.78, 5) is 0. The van der Waals surface area contributed by atoms with E-state index in [-0.39, 0.29) is 0 Å². The summed E-state index contributed by atoms with van der Waals surface area (Å²) in [5.41, 5.74) is 0.926. The molecule has 66 valence electrons. The maximum Gasteiger partial charge on any atom is 0.122 e. The third kappa shape index (κ3) is 2.22. The van der Waals surface area contributed by atoms with Gasteiger partial charge in [0.25, 0.3) is 0 Å². The fraction of sp³-hybridized carbons (Fsp3) is 0.400. The van der Waals surface area contributed by atoms with Gasteiger partial charge in [-0.15, -0.1) is 0 Å². The fourth-order valence-electron chi connectivity index (χ4n) is 1.17. The van der Waals surface area contributed by atoms with Gasteiger partial charge in [-0.25, -0.2) is 4.39 Å². The molecule has 0 amide bonds. The molecule has 0 radical (unpaired) electrons. The average molecular weight is 168 g/mol. The third-order valence-corrected chi connectivity index (χ3v) is 1.69. The van der Waals surface area contributed by atoms with Crippen LogP contribution in [0.25, 0.3) is 0 Å². The maximum atomic E-state index is 12.6. The largest absolute Gasteiger partial charge is 0.496 e. The van der Waals surface area contributed by atoms with Crippen LogP contribution in [0.5, 0.6) is 5.75 Å². The Morgan fingerprint density at radius 3 is 2.67 bits per heavy atom. The molecule has 1 nitrogen and oxygen atoms in total. The molecule has 0 aliphatic rings. The van der Waals surface area contributed by atoms with Gasteiger partial charge in [0.2, 0.25) is 0 Å². The van der Waals surface area contributed by atoms with E-state index in [2.05, 4.69) is 0 Å². The van der Waals surface area contributed by atoms with E-state index >= 15 is 0 Å². The molecular formula is C10H13FO. The minimum absolute atomic E-state index is 0.421. The first kappa shape index (κ1) is 9.04. The van der Waals surface area contributed by atoms with Crippen LogP contribution in [-0.4, -0.2) is 13.3 Å². The SMILES string of the molecule is COc1ccccc1CC(C)F. The average Bonchev–Trinajstić information content (AvgIpc) is 2.04. The highest BCUT2D eigenvalue weighted by atomic mass is 19.1. The van der Waals surface area contributed by atoms with Gasteiger partial charge in [-0.05, 0) is 18.6 Å². The lowest BCUT2D eigenvalue weighted by Gasteiger charge is -2.07. The Kier molecular flexibility index (Phi) is 3.09. The molecule has 12 heavy (non-hydrogen) atoms. The molecule has 0 heterocycles. The Hall–Kier alpha value is -1.05. The van der Waals surface area contributed by atoms with Crippen LogP contribution >= 0.6 is 0 Å². The maximum absolute atomic E-state index is 12.6. The van der Waals surface area contributed by atoms with Gasteiger partial charge in [-0.3, -0.25) is 0 Å². The molecule has 1 aromatic carbocycles. The lowest BCUT2D eigenvalue weighted by Crippen LogP contribution is -2.00. The number of para-hydroxylation sites is 1. The summed E-state index contributed by atoms with van der Waals surface area (Å²) >= 11 is 0. The monoisotopic (exact) mass is 168 g/mol. The Morgan fingerprint density at radius 1 is 1.42 bits per heavy atom. The van der Waals surface area contributed by atoms with Crippen molar-refractivity contribution in [1.29, 1.82) is 0 Å². The van der Waals surface area contributed by atoms with Gasteiger partial charge in [0, 0.05) is 6.42 Å². The number of halogens is 1. The van der Waals surface area contributed by atoms with E-state index in [0.717, 1.165) is 11.3 Å². The minimum atomic E-state index is -0.818. The van der Waals surface area contributed by atoms with Gasteiger partial charge in [-0.1, -0.05) is 18.2 Å². The molecule has 1 unspecified atom stereocenters. The Balaban J connectivity index is 2.82. The zero-order valence-electron chi connectivity index (χ0n) is 7.38. The van der Waals surface area contributed by atoms with Crippen LogP contribution in [0.1, 0.15) is 12.5 Å². The summed E-state index contributed by atoms with van der Waals surface area (Å²) in [7, 11) is 1.60. The molecule has 0 spiro atoms. The molecule has 0 bridgehead atoms. The van der Waals surface area contributed by atoms with Crippen LogP contribution in [-0.2, 0) is 6.42 Å². The zero-order valence-corrected chi connectivity index (χ0v) is 7.38. The molecule has 2 heteroatoms. The second-order valence-corrected chi connectivity index (χ2v) is 2.80. The second kappa shape index (κ2) is 4.10. The normalized spacial score (nSPS) is 12.6. The topological polar surface area (TPSA) is 9.23 Å². The van der Waals surface area contributed by atoms with Crippen LogP contribution in [0, 0.1) is 0 Å². The first-order valence-corrected chi connectivity index (χ1v) is 4.00. The minimum Gasteiger partial charge on any atom is -0.496 e. The van der Waals surface area contributed by atoms with E-state index in [0.29, 0.717) is 6.42 Å². The van der Waals surface area contributed by atoms with Crippen molar-refractivity contribution < 1.29 is 9.13 Å². The Morgan fingerprint density at radius 2 is 2.08 bits per heavy atom. The number of ether oxygens (including phenoxy) is 1. The lowest BCUT2D eigenvalue weighted by molar-refractivity contribution is 0.350. The first-order valence-electron chi connectivity index (χ1n) is 4.00. The predicted molar refractivity (Wildman–Crippen MR) is 47.3 cm³/mol. The van der Waals surface area contributed by atoms with Gasteiger partial charge in [0.15, 0.2) is 0 Å². The van der Waals surface area contributed by atoms with Crippen molar-refractivity contribution in [2.24, 2.45) is 0 Å². The van der Waals surface area contributed by atoms with E-state index in [1.807, 2.05) is 24.3 Å². The molecule has 1 rings (SSSR count). The standard InChI is InChI=1S/C10H13FO/c1-8(11)7-9-5-3-4-6-10(9)12-2/h3-6,8H,7H2,1-2H3. The highest BCUT2D eigenvalue weighted by molar-refractivity contribution is 5.33. The molecular weight excluding hydrogens is 155 g/mol. The van der Waals surface area contributed by atoms with Crippen molar-refractivity contribution in [3.05, 3.63) is 29.8 Å². The van der Waals surface area contributed by atoms with Crippen molar-refractivity contribution >= 4 is 0 Å². The predicted octanol–water partition coefficient (Wildman–Crippen LogP) is 2.60. The lowest BCUT2D eigenvalue weighted by atomic mass is 10.1. The summed E-state index contributed by atoms with van der Waals surface area (Å²) in [6.07, 6.45) is -0.398. The summed E-state index contributed by atoms with van der Waals surface area (Å²) in [5, 5.41) is 0. The molecule has 0 saturated heterocycles. The van der Waals surface area contributed by atoms with Crippen molar-refractivity contribution in [3.63, 3.8) is 0 Å². The molecule has 1 atom stereocenters. The number of alkyl halides is 1. The molecule has 0 aromatic heterocycles. The molecule has 0 fully saturated rings. The first-order chi connectivity index (χ1) is 5.74. The fourth-order valence-corrected chi connectivity index (χ4v) is 1.17. The van der Waals surface area contributed by atoms with Gasteiger partial charge in [0.05, 0.1) is 7.11 Å². The van der Waals surface area contributed by atoms with Crippen LogP contribution in [0.15, 0.2) is 24.3 Å². The third-order valence-electron chi connectivity index (χ3n) is 1.69. The van der Waals surface area contributed by atoms with Crippen LogP contribution in [0.3, 0.4) is 0 Å². The summed E-state index contributed by atoms with van der Waals surface area (Å²) < 4.78 is 17.7. The highest BCUT2D eigenvalue weighted by Crippen LogP contribution is 2.19. The molecule has 0 N–H and O–H groups in total. The Labute approximate surface area is 72.2 Å². The number of benzene rings is 1. The molecule has 0 aliphatic carbocycles. The summed E-state index contributed by atoms with van der Waals surface area (Å²) in [6.45, 7) is 1.55. The van der Waals surface area contributed by atoms with E-state index < -0.39 is 6.17 Å². The zero-order chi connectivity index (χ0) is 8.97. The Bertz CT molecular complexity index is 245. The smallest absolute Gasteiger partial charge is 0.122 e. The molecule has 1 aromatic rings. The van der Waals surface area contributed by atoms with Crippen molar-refractivity contribution in [1.82, 2.24) is 0 Å². The van der Waals surface area contributed by atoms with Crippen LogP contribution < -0.4 is 4.74 Å². The van der Waals surface area contributed by atoms with Crippen LogP contribution in [0.4, 0.5) is 4.39 Å². The van der Waals surface area contributed by atoms with Gasteiger partial charge in [0.1, 0.15) is 11.9 Å². The van der Waals surface area contributed by atoms with E-state index in [4.69, 9.17) is 4.74 Å². The van der Waals surface area contributed by atoms with Crippen molar-refractivity contribution in [2.75, 3.05) is 7.11 Å². The quantitative estimate of drug-likeness (QED) is 0.674. The van der Waals surface area contributed by atoms with Crippen LogP contribution in [0.2, 0.25) is 0 Å². The summed E-state index contributed by atoms with van der Waals surface area (Å²) in [5.74, 6) is 0.766. The number of hydrogen-bond acceptors (Lipinski definition) is 1. The molecule has 0 saturated carbocycles. The second-order valence-electron chi connectivity index (χ2n) is 2.80.